The molecule has 5 nitrogen and oxygen atoms in total. The maximum absolute atomic E-state index is 12.8. The zero-order valence-electron chi connectivity index (χ0n) is 14.5. The van der Waals surface area contributed by atoms with Crippen LogP contribution in [0.2, 0.25) is 0 Å². The van der Waals surface area contributed by atoms with Crippen molar-refractivity contribution < 1.29 is 19.5 Å². The third kappa shape index (κ3) is 2.68. The monoisotopic (exact) mass is 350 g/mol. The standard InChI is InChI=1S/C21H21NO4/c23-16-10-4-8-14-20(16)19(13-6-2-1-3-7-13)21-15(9-5-11-17(21)24)22(14)12-18(25)26/h1-3,6-7,19H,4-5,8-12H2,(H,25,26)/p-1. The third-order valence-electron chi connectivity index (χ3n) is 5.51. The van der Waals surface area contributed by atoms with Gasteiger partial charge < -0.3 is 14.8 Å². The summed E-state index contributed by atoms with van der Waals surface area (Å²) in [6.07, 6.45) is 3.61. The molecule has 1 heterocycles. The number of carbonyl (C=O) groups is 3. The predicted octanol–water partition coefficient (Wildman–Crippen LogP) is 1.85. The summed E-state index contributed by atoms with van der Waals surface area (Å²) in [5.74, 6) is -1.53. The van der Waals surface area contributed by atoms with Gasteiger partial charge in [0.1, 0.15) is 0 Å². The van der Waals surface area contributed by atoms with Gasteiger partial charge in [-0.15, -0.1) is 0 Å². The highest BCUT2D eigenvalue weighted by Crippen LogP contribution is 2.48. The van der Waals surface area contributed by atoms with Gasteiger partial charge in [-0.1, -0.05) is 30.3 Å². The Labute approximate surface area is 152 Å². The number of aliphatic carboxylic acids is 1. The van der Waals surface area contributed by atoms with Crippen molar-refractivity contribution in [1.82, 2.24) is 4.90 Å². The maximum atomic E-state index is 12.8. The Balaban J connectivity index is 1.96. The van der Waals surface area contributed by atoms with Gasteiger partial charge >= 0.3 is 0 Å². The van der Waals surface area contributed by atoms with E-state index in [1.54, 1.807) is 4.90 Å². The lowest BCUT2D eigenvalue weighted by Gasteiger charge is -2.44. The number of hydrogen-bond donors (Lipinski definition) is 0. The van der Waals surface area contributed by atoms with Crippen molar-refractivity contribution in [2.45, 2.75) is 44.4 Å². The molecular formula is C21H20NO4-. The lowest BCUT2D eigenvalue weighted by molar-refractivity contribution is -0.305. The van der Waals surface area contributed by atoms with Gasteiger partial charge in [0, 0.05) is 41.3 Å². The Hall–Kier alpha value is -2.69. The molecule has 5 heteroatoms. The van der Waals surface area contributed by atoms with Crippen LogP contribution in [0.4, 0.5) is 0 Å². The molecule has 3 aliphatic rings. The molecule has 1 aromatic carbocycles. The van der Waals surface area contributed by atoms with Crippen LogP contribution in [0.15, 0.2) is 52.9 Å². The smallest absolute Gasteiger partial charge is 0.161 e. The summed E-state index contributed by atoms with van der Waals surface area (Å²) >= 11 is 0. The van der Waals surface area contributed by atoms with E-state index in [1.807, 2.05) is 30.3 Å². The Kier molecular flexibility index (Phi) is 4.23. The van der Waals surface area contributed by atoms with Crippen molar-refractivity contribution in [2.75, 3.05) is 6.54 Å². The fraction of sp³-hybridized carbons (Fsp3) is 0.381. The van der Waals surface area contributed by atoms with Crippen LogP contribution in [-0.4, -0.2) is 29.0 Å². The molecule has 0 aromatic heterocycles. The van der Waals surface area contributed by atoms with Crippen molar-refractivity contribution in [3.63, 3.8) is 0 Å². The van der Waals surface area contributed by atoms with E-state index in [1.165, 1.54) is 0 Å². The van der Waals surface area contributed by atoms with Crippen molar-refractivity contribution >= 4 is 17.5 Å². The minimum Gasteiger partial charge on any atom is -0.548 e. The summed E-state index contributed by atoms with van der Waals surface area (Å²) in [6, 6.07) is 9.61. The Morgan fingerprint density at radius 1 is 0.923 bits per heavy atom. The Bertz CT molecular complexity index is 806. The minimum absolute atomic E-state index is 0.0216. The van der Waals surface area contributed by atoms with E-state index in [0.29, 0.717) is 49.7 Å². The van der Waals surface area contributed by atoms with E-state index in [-0.39, 0.29) is 24.0 Å². The maximum Gasteiger partial charge on any atom is 0.161 e. The molecule has 0 bridgehead atoms. The summed E-state index contributed by atoms with van der Waals surface area (Å²) in [6.45, 7) is -0.306. The van der Waals surface area contributed by atoms with Gasteiger partial charge in [0.05, 0.1) is 12.5 Å². The lowest BCUT2D eigenvalue weighted by Crippen LogP contribution is -2.44. The molecule has 0 amide bonds. The Morgan fingerprint density at radius 2 is 1.46 bits per heavy atom. The first kappa shape index (κ1) is 16.8. The molecule has 0 spiro atoms. The quantitative estimate of drug-likeness (QED) is 0.831. The normalized spacial score (nSPS) is 21.0. The molecule has 4 rings (SSSR count). The highest BCUT2D eigenvalue weighted by atomic mass is 16.4. The zero-order chi connectivity index (χ0) is 18.3. The fourth-order valence-corrected chi connectivity index (χ4v) is 4.52. The average Bonchev–Trinajstić information content (AvgIpc) is 2.63. The summed E-state index contributed by atoms with van der Waals surface area (Å²) in [7, 11) is 0. The first-order chi connectivity index (χ1) is 12.6. The fourth-order valence-electron chi connectivity index (χ4n) is 4.52. The summed E-state index contributed by atoms with van der Waals surface area (Å²) < 4.78 is 0. The zero-order valence-corrected chi connectivity index (χ0v) is 14.5. The van der Waals surface area contributed by atoms with E-state index < -0.39 is 5.97 Å². The van der Waals surface area contributed by atoms with Crippen LogP contribution in [0.25, 0.3) is 0 Å². The van der Waals surface area contributed by atoms with Gasteiger partial charge in [-0.05, 0) is 31.2 Å². The molecule has 0 radical (unpaired) electrons. The highest BCUT2D eigenvalue weighted by molar-refractivity contribution is 6.06. The van der Waals surface area contributed by atoms with Crippen molar-refractivity contribution in [3.05, 3.63) is 58.4 Å². The van der Waals surface area contributed by atoms with Crippen LogP contribution < -0.4 is 5.11 Å². The Morgan fingerprint density at radius 3 is 1.96 bits per heavy atom. The number of Topliss-reactive ketones (excluding diaryl/α,β-unsaturated/α-hetero) is 2. The van der Waals surface area contributed by atoms with Crippen LogP contribution in [0, 0.1) is 0 Å². The molecule has 0 fully saturated rings. The molecule has 26 heavy (non-hydrogen) atoms. The molecule has 0 saturated heterocycles. The number of ketones is 2. The van der Waals surface area contributed by atoms with Crippen molar-refractivity contribution in [1.29, 1.82) is 0 Å². The van der Waals surface area contributed by atoms with E-state index in [9.17, 15) is 19.5 Å². The molecule has 0 atom stereocenters. The van der Waals surface area contributed by atoms with E-state index in [2.05, 4.69) is 0 Å². The topological polar surface area (TPSA) is 77.5 Å². The van der Waals surface area contributed by atoms with Gasteiger partial charge in [-0.3, -0.25) is 9.59 Å². The number of rotatable bonds is 3. The molecule has 0 N–H and O–H groups in total. The van der Waals surface area contributed by atoms with Gasteiger partial charge in [-0.2, -0.15) is 0 Å². The summed E-state index contributed by atoms with van der Waals surface area (Å²) in [5, 5.41) is 11.4. The molecule has 0 unspecified atom stereocenters. The van der Waals surface area contributed by atoms with Gasteiger partial charge in [0.15, 0.2) is 11.6 Å². The first-order valence-electron chi connectivity index (χ1n) is 9.12. The SMILES string of the molecule is O=C([O-])CN1C2=C(C(=O)CCC2)C(c2ccccc2)C2=C1CCCC2=O. The number of carboxylic acid groups (broad SMARTS) is 1. The van der Waals surface area contributed by atoms with Gasteiger partial charge in [-0.25, -0.2) is 0 Å². The largest absolute Gasteiger partial charge is 0.548 e. The second-order valence-corrected chi connectivity index (χ2v) is 7.08. The number of carboxylic acids is 1. The van der Waals surface area contributed by atoms with Crippen molar-refractivity contribution in [3.8, 4) is 0 Å². The highest BCUT2D eigenvalue weighted by Gasteiger charge is 2.43. The summed E-state index contributed by atoms with van der Waals surface area (Å²) in [5.41, 5.74) is 3.68. The van der Waals surface area contributed by atoms with E-state index >= 15 is 0 Å². The number of nitrogens with zero attached hydrogens (tertiary/aromatic N) is 1. The second-order valence-electron chi connectivity index (χ2n) is 7.08. The predicted molar refractivity (Wildman–Crippen MR) is 92.7 cm³/mol. The molecule has 0 saturated carbocycles. The second kappa shape index (κ2) is 6.56. The minimum atomic E-state index is -1.20. The number of hydrogen-bond acceptors (Lipinski definition) is 5. The number of benzene rings is 1. The van der Waals surface area contributed by atoms with Crippen LogP contribution >= 0.6 is 0 Å². The summed E-state index contributed by atoms with van der Waals surface area (Å²) in [4.78, 5) is 38.7. The van der Waals surface area contributed by atoms with E-state index in [4.69, 9.17) is 0 Å². The third-order valence-corrected chi connectivity index (χ3v) is 5.51. The van der Waals surface area contributed by atoms with Crippen LogP contribution in [0.5, 0.6) is 0 Å². The lowest BCUT2D eigenvalue weighted by atomic mass is 9.71. The van der Waals surface area contributed by atoms with Crippen LogP contribution in [-0.2, 0) is 14.4 Å². The molecule has 2 aliphatic carbocycles. The van der Waals surface area contributed by atoms with Crippen LogP contribution in [0.1, 0.15) is 50.0 Å². The van der Waals surface area contributed by atoms with Gasteiger partial charge in [0.2, 0.25) is 0 Å². The van der Waals surface area contributed by atoms with Crippen LogP contribution in [0.3, 0.4) is 0 Å². The average molecular weight is 350 g/mol. The first-order valence-corrected chi connectivity index (χ1v) is 9.12. The van der Waals surface area contributed by atoms with E-state index in [0.717, 1.165) is 17.0 Å². The molecule has 1 aromatic rings. The molecule has 134 valence electrons. The van der Waals surface area contributed by atoms with Gasteiger partial charge in [0.25, 0.3) is 0 Å². The molecule has 1 aliphatic heterocycles. The number of allylic oxidation sites excluding steroid dienone is 4. The molecular weight excluding hydrogens is 330 g/mol. The van der Waals surface area contributed by atoms with Crippen molar-refractivity contribution in [2.24, 2.45) is 0 Å². The number of carbonyl (C=O) groups excluding carboxylic acids is 3.